The molecule has 2 aromatic rings. The standard InChI is InChI=1S/C16H16ClF2N/c1-11-9-13(18)6-5-12(11)7-8-20-10-14-15(17)3-2-4-16(14)19/h2-6,9,20H,7-8,10H2,1H3. The zero-order valence-corrected chi connectivity index (χ0v) is 12.0. The van der Waals surface area contributed by atoms with E-state index in [-0.39, 0.29) is 11.6 Å². The van der Waals surface area contributed by atoms with Gasteiger partial charge in [-0.25, -0.2) is 8.78 Å². The molecule has 0 aliphatic carbocycles. The quantitative estimate of drug-likeness (QED) is 0.813. The molecule has 0 atom stereocenters. The molecule has 0 saturated heterocycles. The summed E-state index contributed by atoms with van der Waals surface area (Å²) >= 11 is 5.95. The lowest BCUT2D eigenvalue weighted by molar-refractivity contribution is 0.588. The summed E-state index contributed by atoms with van der Waals surface area (Å²) in [7, 11) is 0. The van der Waals surface area contributed by atoms with E-state index in [2.05, 4.69) is 5.32 Å². The van der Waals surface area contributed by atoms with Crippen LogP contribution in [0.1, 0.15) is 16.7 Å². The molecular formula is C16H16ClF2N. The smallest absolute Gasteiger partial charge is 0.129 e. The van der Waals surface area contributed by atoms with Gasteiger partial charge in [0.25, 0.3) is 0 Å². The summed E-state index contributed by atoms with van der Waals surface area (Å²) in [6, 6.07) is 9.41. The predicted molar refractivity (Wildman–Crippen MR) is 78.0 cm³/mol. The zero-order chi connectivity index (χ0) is 14.5. The molecule has 1 N–H and O–H groups in total. The number of nitrogens with one attached hydrogen (secondary N) is 1. The Labute approximate surface area is 122 Å². The fourth-order valence-electron chi connectivity index (χ4n) is 2.08. The summed E-state index contributed by atoms with van der Waals surface area (Å²) < 4.78 is 26.5. The molecule has 0 heterocycles. The van der Waals surface area contributed by atoms with Crippen molar-refractivity contribution in [3.05, 3.63) is 69.7 Å². The van der Waals surface area contributed by atoms with E-state index < -0.39 is 0 Å². The van der Waals surface area contributed by atoms with Crippen molar-refractivity contribution in [2.24, 2.45) is 0 Å². The van der Waals surface area contributed by atoms with Crippen LogP contribution in [-0.4, -0.2) is 6.54 Å². The molecule has 1 nitrogen and oxygen atoms in total. The number of benzene rings is 2. The van der Waals surface area contributed by atoms with Gasteiger partial charge in [0.05, 0.1) is 0 Å². The third kappa shape index (κ3) is 3.78. The van der Waals surface area contributed by atoms with Crippen LogP contribution in [0.4, 0.5) is 8.78 Å². The van der Waals surface area contributed by atoms with E-state index in [0.29, 0.717) is 23.7 Å². The van der Waals surface area contributed by atoms with E-state index in [0.717, 1.165) is 17.5 Å². The summed E-state index contributed by atoms with van der Waals surface area (Å²) in [6.07, 6.45) is 0.762. The minimum Gasteiger partial charge on any atom is -0.312 e. The lowest BCUT2D eigenvalue weighted by Crippen LogP contribution is -2.18. The van der Waals surface area contributed by atoms with Gasteiger partial charge in [0.2, 0.25) is 0 Å². The number of hydrogen-bond donors (Lipinski definition) is 1. The highest BCUT2D eigenvalue weighted by Gasteiger charge is 2.06. The molecule has 106 valence electrons. The third-order valence-corrected chi connectivity index (χ3v) is 3.59. The Morgan fingerprint density at radius 2 is 1.95 bits per heavy atom. The molecule has 0 aliphatic heterocycles. The number of halogens is 3. The van der Waals surface area contributed by atoms with E-state index in [4.69, 9.17) is 11.6 Å². The minimum atomic E-state index is -0.303. The fourth-order valence-corrected chi connectivity index (χ4v) is 2.31. The maximum absolute atomic E-state index is 13.5. The summed E-state index contributed by atoms with van der Waals surface area (Å²) in [5, 5.41) is 3.58. The molecule has 0 bridgehead atoms. The van der Waals surface area contributed by atoms with Gasteiger partial charge in [-0.15, -0.1) is 0 Å². The molecule has 0 radical (unpaired) electrons. The van der Waals surface area contributed by atoms with Crippen molar-refractivity contribution in [1.29, 1.82) is 0 Å². The Kier molecular flexibility index (Phi) is 5.10. The number of aryl methyl sites for hydroxylation is 1. The lowest BCUT2D eigenvalue weighted by atomic mass is 10.1. The average molecular weight is 296 g/mol. The second kappa shape index (κ2) is 6.82. The Morgan fingerprint density at radius 3 is 2.65 bits per heavy atom. The Hall–Kier alpha value is -1.45. The zero-order valence-electron chi connectivity index (χ0n) is 11.2. The molecule has 20 heavy (non-hydrogen) atoms. The van der Waals surface area contributed by atoms with E-state index in [9.17, 15) is 8.78 Å². The van der Waals surface area contributed by atoms with Crippen molar-refractivity contribution in [2.75, 3.05) is 6.54 Å². The van der Waals surface area contributed by atoms with Crippen LogP contribution in [0.15, 0.2) is 36.4 Å². The van der Waals surface area contributed by atoms with Gasteiger partial charge < -0.3 is 5.32 Å². The van der Waals surface area contributed by atoms with Gasteiger partial charge in [0, 0.05) is 17.1 Å². The van der Waals surface area contributed by atoms with Crippen LogP contribution in [0.2, 0.25) is 5.02 Å². The first-order chi connectivity index (χ1) is 9.58. The van der Waals surface area contributed by atoms with E-state index in [1.165, 1.54) is 18.2 Å². The van der Waals surface area contributed by atoms with Crippen molar-refractivity contribution >= 4 is 11.6 Å². The highest BCUT2D eigenvalue weighted by molar-refractivity contribution is 6.31. The van der Waals surface area contributed by atoms with Crippen molar-refractivity contribution in [1.82, 2.24) is 5.32 Å². The average Bonchev–Trinajstić information content (AvgIpc) is 2.39. The van der Waals surface area contributed by atoms with Crippen LogP contribution in [0, 0.1) is 18.6 Å². The van der Waals surface area contributed by atoms with Crippen molar-refractivity contribution < 1.29 is 8.78 Å². The molecule has 0 spiro atoms. The van der Waals surface area contributed by atoms with Gasteiger partial charge in [0.15, 0.2) is 0 Å². The van der Waals surface area contributed by atoms with Crippen LogP contribution in [-0.2, 0) is 13.0 Å². The first-order valence-corrected chi connectivity index (χ1v) is 6.84. The van der Waals surface area contributed by atoms with Crippen molar-refractivity contribution in [2.45, 2.75) is 19.9 Å². The van der Waals surface area contributed by atoms with Gasteiger partial charge in [-0.1, -0.05) is 23.7 Å². The van der Waals surface area contributed by atoms with Crippen LogP contribution in [0.25, 0.3) is 0 Å². The van der Waals surface area contributed by atoms with E-state index in [1.807, 2.05) is 6.92 Å². The predicted octanol–water partition coefficient (Wildman–Crippen LogP) is 4.26. The molecule has 2 aromatic carbocycles. The maximum Gasteiger partial charge on any atom is 0.129 e. The molecule has 0 aromatic heterocycles. The van der Waals surface area contributed by atoms with Crippen LogP contribution in [0.5, 0.6) is 0 Å². The van der Waals surface area contributed by atoms with Crippen molar-refractivity contribution in [3.63, 3.8) is 0 Å². The maximum atomic E-state index is 13.5. The van der Waals surface area contributed by atoms with E-state index in [1.54, 1.807) is 18.2 Å². The fraction of sp³-hybridized carbons (Fsp3) is 0.250. The first kappa shape index (κ1) is 14.9. The Morgan fingerprint density at radius 1 is 1.15 bits per heavy atom. The van der Waals surface area contributed by atoms with Gasteiger partial charge in [0.1, 0.15) is 11.6 Å². The normalized spacial score (nSPS) is 10.8. The molecule has 0 amide bonds. The molecule has 0 saturated carbocycles. The summed E-state index contributed by atoms with van der Waals surface area (Å²) in [5.41, 5.74) is 2.49. The first-order valence-electron chi connectivity index (χ1n) is 6.46. The minimum absolute atomic E-state index is 0.225. The van der Waals surface area contributed by atoms with Gasteiger partial charge in [-0.2, -0.15) is 0 Å². The number of hydrogen-bond acceptors (Lipinski definition) is 1. The van der Waals surface area contributed by atoms with Crippen LogP contribution < -0.4 is 5.32 Å². The summed E-state index contributed by atoms with van der Waals surface area (Å²) in [6.45, 7) is 2.94. The Balaban J connectivity index is 1.88. The molecule has 2 rings (SSSR count). The van der Waals surface area contributed by atoms with Gasteiger partial charge >= 0.3 is 0 Å². The second-order valence-corrected chi connectivity index (χ2v) is 5.10. The molecule has 0 fully saturated rings. The summed E-state index contributed by atoms with van der Waals surface area (Å²) in [5.74, 6) is -0.527. The van der Waals surface area contributed by atoms with Gasteiger partial charge in [-0.05, 0) is 55.3 Å². The molecule has 0 unspecified atom stereocenters. The Bertz CT molecular complexity index is 579. The molecule has 0 aliphatic rings. The van der Waals surface area contributed by atoms with Gasteiger partial charge in [-0.3, -0.25) is 0 Å². The van der Waals surface area contributed by atoms with Crippen molar-refractivity contribution in [3.8, 4) is 0 Å². The van der Waals surface area contributed by atoms with Crippen LogP contribution >= 0.6 is 11.6 Å². The highest BCUT2D eigenvalue weighted by Crippen LogP contribution is 2.18. The lowest BCUT2D eigenvalue weighted by Gasteiger charge is -2.09. The largest absolute Gasteiger partial charge is 0.312 e. The molecular weight excluding hydrogens is 280 g/mol. The summed E-state index contributed by atoms with van der Waals surface area (Å²) in [4.78, 5) is 0. The third-order valence-electron chi connectivity index (χ3n) is 3.24. The highest BCUT2D eigenvalue weighted by atomic mass is 35.5. The molecule has 4 heteroatoms. The topological polar surface area (TPSA) is 12.0 Å². The van der Waals surface area contributed by atoms with Crippen LogP contribution in [0.3, 0.4) is 0 Å². The second-order valence-electron chi connectivity index (χ2n) is 4.70. The monoisotopic (exact) mass is 295 g/mol. The SMILES string of the molecule is Cc1cc(F)ccc1CCNCc1c(F)cccc1Cl. The van der Waals surface area contributed by atoms with E-state index >= 15 is 0 Å². The number of rotatable bonds is 5.